The molecular weight excluding hydrogens is 446 g/mol. The Hall–Kier alpha value is -3.52. The smallest absolute Gasteiger partial charge is 0.255 e. The number of aromatic nitrogens is 3. The van der Waals surface area contributed by atoms with E-state index in [1.807, 2.05) is 54.9 Å². The molecule has 34 heavy (non-hydrogen) atoms. The molecule has 7 nitrogen and oxygen atoms in total. The number of pyridine rings is 1. The molecule has 3 aromatic heterocycles. The van der Waals surface area contributed by atoms with E-state index in [1.165, 1.54) is 4.88 Å². The first-order valence-electron chi connectivity index (χ1n) is 11.3. The minimum absolute atomic E-state index is 0.0868. The van der Waals surface area contributed by atoms with Crippen molar-refractivity contribution in [1.29, 1.82) is 0 Å². The van der Waals surface area contributed by atoms with Gasteiger partial charge in [0.05, 0.1) is 22.8 Å². The van der Waals surface area contributed by atoms with Gasteiger partial charge in [-0.2, -0.15) is 5.10 Å². The van der Waals surface area contributed by atoms with Gasteiger partial charge in [-0.15, -0.1) is 11.3 Å². The van der Waals surface area contributed by atoms with Crippen LogP contribution >= 0.6 is 11.3 Å². The van der Waals surface area contributed by atoms with Crippen LogP contribution in [0.1, 0.15) is 52.0 Å². The molecule has 0 saturated carbocycles. The predicted octanol–water partition coefficient (Wildman–Crippen LogP) is 4.88. The molecule has 0 bridgehead atoms. The largest absolute Gasteiger partial charge is 0.370 e. The van der Waals surface area contributed by atoms with Gasteiger partial charge in [-0.1, -0.05) is 30.3 Å². The van der Waals surface area contributed by atoms with E-state index in [0.29, 0.717) is 23.1 Å². The van der Waals surface area contributed by atoms with Gasteiger partial charge in [-0.05, 0) is 45.4 Å². The highest BCUT2D eigenvalue weighted by Gasteiger charge is 2.24. The van der Waals surface area contributed by atoms with Crippen LogP contribution in [-0.2, 0) is 11.3 Å². The molecule has 0 spiro atoms. The highest BCUT2D eigenvalue weighted by Crippen LogP contribution is 2.33. The number of rotatable bonds is 8. The average Bonchev–Trinajstić information content (AvgIpc) is 3.38. The fourth-order valence-corrected chi connectivity index (χ4v) is 5.00. The molecule has 0 aliphatic heterocycles. The minimum Gasteiger partial charge on any atom is -0.370 e. The van der Waals surface area contributed by atoms with E-state index in [2.05, 4.69) is 25.0 Å². The van der Waals surface area contributed by atoms with Crippen LogP contribution in [-0.4, -0.2) is 38.0 Å². The summed E-state index contributed by atoms with van der Waals surface area (Å²) in [6.07, 6.45) is 1.80. The molecule has 3 heterocycles. The molecule has 0 aliphatic carbocycles. The van der Waals surface area contributed by atoms with E-state index in [9.17, 15) is 9.59 Å². The summed E-state index contributed by atoms with van der Waals surface area (Å²) in [7, 11) is 0. The lowest BCUT2D eigenvalue weighted by Gasteiger charge is -2.23. The zero-order chi connectivity index (χ0) is 24.4. The van der Waals surface area contributed by atoms with Gasteiger partial charge >= 0.3 is 0 Å². The van der Waals surface area contributed by atoms with Gasteiger partial charge in [0.2, 0.25) is 5.91 Å². The Morgan fingerprint density at radius 1 is 1.15 bits per heavy atom. The van der Waals surface area contributed by atoms with Crippen LogP contribution < -0.4 is 5.73 Å². The number of carbonyl (C=O) groups excluding carboxylic acids is 2. The Kier molecular flexibility index (Phi) is 6.79. The molecule has 0 unspecified atom stereocenters. The summed E-state index contributed by atoms with van der Waals surface area (Å²) in [6.45, 7) is 8.82. The maximum Gasteiger partial charge on any atom is 0.255 e. The summed E-state index contributed by atoms with van der Waals surface area (Å²) >= 11 is 1.71. The Bertz CT molecular complexity index is 1340. The first-order valence-corrected chi connectivity index (χ1v) is 12.1. The Morgan fingerprint density at radius 2 is 1.88 bits per heavy atom. The van der Waals surface area contributed by atoms with E-state index in [-0.39, 0.29) is 24.9 Å². The third kappa shape index (κ3) is 4.87. The van der Waals surface area contributed by atoms with Gasteiger partial charge < -0.3 is 10.6 Å². The summed E-state index contributed by atoms with van der Waals surface area (Å²) in [5.74, 6) is -0.616. The highest BCUT2D eigenvalue weighted by atomic mass is 32.1. The lowest BCUT2D eigenvalue weighted by atomic mass is 10.1. The van der Waals surface area contributed by atoms with Crippen LogP contribution in [0.3, 0.4) is 0 Å². The number of hydrogen-bond acceptors (Lipinski definition) is 5. The van der Waals surface area contributed by atoms with Crippen molar-refractivity contribution in [2.45, 2.75) is 46.7 Å². The molecule has 4 rings (SSSR count). The second kappa shape index (κ2) is 9.77. The van der Waals surface area contributed by atoms with Gasteiger partial charge in [0, 0.05) is 40.9 Å². The molecule has 0 radical (unpaired) electrons. The highest BCUT2D eigenvalue weighted by molar-refractivity contribution is 7.12. The van der Waals surface area contributed by atoms with Crippen LogP contribution in [0.15, 0.2) is 48.7 Å². The lowest BCUT2D eigenvalue weighted by Crippen LogP contribution is -2.33. The molecule has 1 aromatic carbocycles. The normalized spacial score (nSPS) is 11.3. The first kappa shape index (κ1) is 23.6. The van der Waals surface area contributed by atoms with Crippen LogP contribution in [0, 0.1) is 13.8 Å². The second-order valence-corrected chi connectivity index (χ2v) is 10.2. The van der Waals surface area contributed by atoms with E-state index in [1.54, 1.807) is 22.4 Å². The van der Waals surface area contributed by atoms with E-state index >= 15 is 0 Å². The Morgan fingerprint density at radius 3 is 2.50 bits per heavy atom. The predicted molar refractivity (Wildman–Crippen MR) is 136 cm³/mol. The topological polar surface area (TPSA) is 94.1 Å². The zero-order valence-electron chi connectivity index (χ0n) is 19.9. The number of fused-ring (bicyclic) bond motifs is 1. The van der Waals surface area contributed by atoms with Gasteiger partial charge in [-0.3, -0.25) is 9.59 Å². The van der Waals surface area contributed by atoms with Crippen molar-refractivity contribution in [3.63, 3.8) is 0 Å². The van der Waals surface area contributed by atoms with Crippen LogP contribution in [0.5, 0.6) is 0 Å². The molecule has 2 amide bonds. The molecule has 176 valence electrons. The summed E-state index contributed by atoms with van der Waals surface area (Å²) in [6, 6.07) is 13.8. The number of aryl methyl sites for hydroxylation is 2. The van der Waals surface area contributed by atoms with Crippen molar-refractivity contribution in [2.75, 3.05) is 6.54 Å². The SMILES string of the molecule is Cc1cc(-c2cc(C(=O)N(CCC(N)=O)Cc3ccccc3)c3cnn(C(C)C)c3n2)c(C)s1. The van der Waals surface area contributed by atoms with Crippen LogP contribution in [0.25, 0.3) is 22.3 Å². The van der Waals surface area contributed by atoms with Crippen molar-refractivity contribution in [1.82, 2.24) is 19.7 Å². The zero-order valence-corrected chi connectivity index (χ0v) is 20.7. The minimum atomic E-state index is -0.441. The molecule has 8 heteroatoms. The first-order chi connectivity index (χ1) is 16.2. The molecular formula is C26H29N5O2S. The standard InChI is InChI=1S/C26H29N5O2S/c1-16(2)31-25-22(14-28-31)21(13-23(29-25)20-12-17(3)34-18(20)4)26(33)30(11-10-24(27)32)15-19-8-6-5-7-9-19/h5-9,12-14,16H,10-11,15H2,1-4H3,(H2,27,32). The van der Waals surface area contributed by atoms with Crippen molar-refractivity contribution < 1.29 is 9.59 Å². The van der Waals surface area contributed by atoms with Gasteiger partial charge in [0.1, 0.15) is 0 Å². The number of thiophene rings is 1. The number of nitrogens with zero attached hydrogens (tertiary/aromatic N) is 4. The molecule has 2 N–H and O–H groups in total. The van der Waals surface area contributed by atoms with Crippen molar-refractivity contribution in [3.8, 4) is 11.3 Å². The second-order valence-electron chi connectivity index (χ2n) is 8.73. The quantitative estimate of drug-likeness (QED) is 0.393. The summed E-state index contributed by atoms with van der Waals surface area (Å²) in [5.41, 5.74) is 9.36. The average molecular weight is 476 g/mol. The number of hydrogen-bond donors (Lipinski definition) is 1. The Balaban J connectivity index is 1.85. The number of nitrogens with two attached hydrogens (primary N) is 1. The molecule has 0 atom stereocenters. The van der Waals surface area contributed by atoms with E-state index in [4.69, 9.17) is 10.7 Å². The molecule has 0 saturated heterocycles. The fourth-order valence-electron chi connectivity index (χ4n) is 4.07. The molecule has 4 aromatic rings. The summed E-state index contributed by atoms with van der Waals surface area (Å²) in [4.78, 5) is 34.4. The van der Waals surface area contributed by atoms with Crippen molar-refractivity contribution >= 4 is 34.2 Å². The molecule has 0 fully saturated rings. The number of carbonyl (C=O) groups is 2. The maximum atomic E-state index is 13.9. The maximum absolute atomic E-state index is 13.9. The Labute approximate surface area is 203 Å². The van der Waals surface area contributed by atoms with Crippen molar-refractivity contribution in [2.24, 2.45) is 5.73 Å². The number of primary amides is 1. The fraction of sp³-hybridized carbons (Fsp3) is 0.308. The van der Waals surface area contributed by atoms with Gasteiger partial charge in [0.15, 0.2) is 5.65 Å². The third-order valence-electron chi connectivity index (χ3n) is 5.73. The van der Waals surface area contributed by atoms with Crippen LogP contribution in [0.2, 0.25) is 0 Å². The van der Waals surface area contributed by atoms with E-state index < -0.39 is 5.91 Å². The lowest BCUT2D eigenvalue weighted by molar-refractivity contribution is -0.118. The summed E-state index contributed by atoms with van der Waals surface area (Å²) in [5, 5.41) is 5.23. The third-order valence-corrected chi connectivity index (χ3v) is 6.70. The summed E-state index contributed by atoms with van der Waals surface area (Å²) < 4.78 is 1.84. The number of benzene rings is 1. The van der Waals surface area contributed by atoms with Crippen LogP contribution in [0.4, 0.5) is 0 Å². The number of amides is 2. The van der Waals surface area contributed by atoms with Crippen molar-refractivity contribution in [3.05, 3.63) is 69.5 Å². The van der Waals surface area contributed by atoms with Gasteiger partial charge in [-0.25, -0.2) is 9.67 Å². The van der Waals surface area contributed by atoms with Gasteiger partial charge in [0.25, 0.3) is 5.91 Å². The van der Waals surface area contributed by atoms with E-state index in [0.717, 1.165) is 21.7 Å². The monoisotopic (exact) mass is 475 g/mol. The molecule has 0 aliphatic rings.